The molecule has 0 unspecified atom stereocenters. The molecular weight excluding hydrogens is 232 g/mol. The minimum absolute atomic E-state index is 0.0383. The molecule has 0 aliphatic heterocycles. The van der Waals surface area contributed by atoms with Crippen LogP contribution in [0.4, 0.5) is 5.69 Å². The monoisotopic (exact) mass is 238 g/mol. The first-order valence-corrected chi connectivity index (χ1v) is 4.94. The van der Waals surface area contributed by atoms with Gasteiger partial charge in [0.05, 0.1) is 4.92 Å². The van der Waals surface area contributed by atoms with Crippen LogP contribution in [0, 0.1) is 10.1 Å². The Balaban J connectivity index is 2.57. The number of nitro groups is 1. The highest BCUT2D eigenvalue weighted by molar-refractivity contribution is 6.17. The molecule has 0 aliphatic carbocycles. The Morgan fingerprint density at radius 2 is 2.31 bits per heavy atom. The lowest BCUT2D eigenvalue weighted by Gasteiger charge is -2.03. The van der Waals surface area contributed by atoms with Gasteiger partial charge in [0.15, 0.2) is 0 Å². The van der Waals surface area contributed by atoms with Gasteiger partial charge in [-0.05, 0) is 11.6 Å². The molecule has 0 N–H and O–H groups in total. The quantitative estimate of drug-likeness (QED) is 0.465. The second-order valence-electron chi connectivity index (χ2n) is 3.05. The van der Waals surface area contributed by atoms with E-state index in [1.165, 1.54) is 23.4 Å². The van der Waals surface area contributed by atoms with Gasteiger partial charge in [-0.1, -0.05) is 6.07 Å². The number of rotatable bonds is 3. The lowest BCUT2D eigenvalue weighted by Crippen LogP contribution is -2.01. The maximum Gasteiger partial charge on any atom is 0.295 e. The summed E-state index contributed by atoms with van der Waals surface area (Å²) in [6, 6.07) is 4.76. The van der Waals surface area contributed by atoms with Crippen LogP contribution >= 0.6 is 11.6 Å². The molecule has 0 amide bonds. The summed E-state index contributed by atoms with van der Waals surface area (Å²) in [7, 11) is 0. The van der Waals surface area contributed by atoms with Gasteiger partial charge in [0, 0.05) is 11.9 Å². The molecule has 0 aliphatic rings. The molecule has 0 saturated heterocycles. The van der Waals surface area contributed by atoms with E-state index in [1.807, 2.05) is 0 Å². The Bertz CT molecular complexity index is 512. The van der Waals surface area contributed by atoms with Gasteiger partial charge in [0.25, 0.3) is 5.69 Å². The first kappa shape index (κ1) is 10.6. The van der Waals surface area contributed by atoms with Crippen LogP contribution in [-0.2, 0) is 5.88 Å². The molecule has 16 heavy (non-hydrogen) atoms. The van der Waals surface area contributed by atoms with Crippen molar-refractivity contribution in [3.63, 3.8) is 0 Å². The third kappa shape index (κ3) is 1.87. The van der Waals surface area contributed by atoms with Crippen LogP contribution in [0.1, 0.15) is 5.56 Å². The van der Waals surface area contributed by atoms with Gasteiger partial charge in [-0.3, -0.25) is 10.1 Å². The van der Waals surface area contributed by atoms with Crippen molar-refractivity contribution in [2.45, 2.75) is 5.88 Å². The van der Waals surface area contributed by atoms with Gasteiger partial charge in [0.1, 0.15) is 18.3 Å². The van der Waals surface area contributed by atoms with Crippen molar-refractivity contribution in [2.24, 2.45) is 0 Å². The maximum absolute atomic E-state index is 10.9. The van der Waals surface area contributed by atoms with Crippen molar-refractivity contribution in [1.29, 1.82) is 0 Å². The standard InChI is InChI=1S/C9H7ClN4O2/c10-4-7-1-2-8(9(3-7)14(15)16)13-6-11-5-12-13/h1-3,5-6H,4H2. The van der Waals surface area contributed by atoms with Crippen molar-refractivity contribution in [2.75, 3.05) is 0 Å². The van der Waals surface area contributed by atoms with Crippen LogP contribution in [0.5, 0.6) is 0 Å². The number of hydrogen-bond donors (Lipinski definition) is 0. The third-order valence-corrected chi connectivity index (χ3v) is 2.37. The average molecular weight is 239 g/mol. The van der Waals surface area contributed by atoms with E-state index < -0.39 is 4.92 Å². The van der Waals surface area contributed by atoms with Gasteiger partial charge in [-0.15, -0.1) is 11.6 Å². The van der Waals surface area contributed by atoms with Crippen LogP contribution in [0.15, 0.2) is 30.9 Å². The normalized spacial score (nSPS) is 10.3. The Morgan fingerprint density at radius 3 is 2.88 bits per heavy atom. The minimum atomic E-state index is -0.465. The number of benzene rings is 1. The molecular formula is C9H7ClN4O2. The number of hydrogen-bond acceptors (Lipinski definition) is 4. The Hall–Kier alpha value is -1.95. The summed E-state index contributed by atoms with van der Waals surface area (Å²) in [5.74, 6) is 0.235. The Labute approximate surface area is 95.6 Å². The van der Waals surface area contributed by atoms with Gasteiger partial charge in [-0.25, -0.2) is 9.67 Å². The van der Waals surface area contributed by atoms with Crippen LogP contribution in [0.3, 0.4) is 0 Å². The highest BCUT2D eigenvalue weighted by Crippen LogP contribution is 2.23. The molecule has 0 saturated carbocycles. The van der Waals surface area contributed by atoms with E-state index in [2.05, 4.69) is 10.1 Å². The fourth-order valence-electron chi connectivity index (χ4n) is 1.32. The van der Waals surface area contributed by atoms with Crippen LogP contribution in [-0.4, -0.2) is 19.7 Å². The maximum atomic E-state index is 10.9. The molecule has 7 heteroatoms. The largest absolute Gasteiger partial charge is 0.295 e. The predicted molar refractivity (Wildman–Crippen MR) is 57.6 cm³/mol. The van der Waals surface area contributed by atoms with Crippen molar-refractivity contribution in [3.05, 3.63) is 46.5 Å². The zero-order valence-corrected chi connectivity index (χ0v) is 8.83. The smallest absolute Gasteiger partial charge is 0.258 e. The molecule has 2 rings (SSSR count). The topological polar surface area (TPSA) is 73.8 Å². The number of nitro benzene ring substituents is 1. The summed E-state index contributed by atoms with van der Waals surface area (Å²) in [5, 5.41) is 14.7. The summed E-state index contributed by atoms with van der Waals surface area (Å²) in [6.07, 6.45) is 2.72. The zero-order valence-electron chi connectivity index (χ0n) is 8.08. The minimum Gasteiger partial charge on any atom is -0.258 e. The van der Waals surface area contributed by atoms with E-state index in [-0.39, 0.29) is 11.6 Å². The molecule has 1 aromatic heterocycles. The van der Waals surface area contributed by atoms with Gasteiger partial charge >= 0.3 is 0 Å². The third-order valence-electron chi connectivity index (χ3n) is 2.06. The predicted octanol–water partition coefficient (Wildman–Crippen LogP) is 1.91. The lowest BCUT2D eigenvalue weighted by atomic mass is 10.2. The fourth-order valence-corrected chi connectivity index (χ4v) is 1.49. The van der Waals surface area contributed by atoms with Crippen LogP contribution in [0.2, 0.25) is 0 Å². The fraction of sp³-hybridized carbons (Fsp3) is 0.111. The number of aromatic nitrogens is 3. The number of halogens is 1. The lowest BCUT2D eigenvalue weighted by molar-refractivity contribution is -0.384. The molecule has 6 nitrogen and oxygen atoms in total. The van der Waals surface area contributed by atoms with Crippen molar-refractivity contribution < 1.29 is 4.92 Å². The van der Waals surface area contributed by atoms with E-state index in [0.717, 1.165) is 0 Å². The van der Waals surface area contributed by atoms with E-state index in [1.54, 1.807) is 12.1 Å². The molecule has 0 bridgehead atoms. The second kappa shape index (κ2) is 4.28. The number of alkyl halides is 1. The molecule has 0 atom stereocenters. The van der Waals surface area contributed by atoms with Gasteiger partial charge < -0.3 is 0 Å². The first-order valence-electron chi connectivity index (χ1n) is 4.40. The van der Waals surface area contributed by atoms with Gasteiger partial charge in [-0.2, -0.15) is 5.10 Å². The van der Waals surface area contributed by atoms with E-state index in [0.29, 0.717) is 11.3 Å². The van der Waals surface area contributed by atoms with E-state index in [4.69, 9.17) is 11.6 Å². The molecule has 82 valence electrons. The molecule has 0 spiro atoms. The van der Waals surface area contributed by atoms with Crippen molar-refractivity contribution in [1.82, 2.24) is 14.8 Å². The molecule has 0 radical (unpaired) electrons. The highest BCUT2D eigenvalue weighted by atomic mass is 35.5. The van der Waals surface area contributed by atoms with Crippen LogP contribution in [0.25, 0.3) is 5.69 Å². The summed E-state index contributed by atoms with van der Waals surface area (Å²) in [6.45, 7) is 0. The molecule has 0 fully saturated rings. The molecule has 2 aromatic rings. The van der Waals surface area contributed by atoms with E-state index >= 15 is 0 Å². The Morgan fingerprint density at radius 1 is 1.50 bits per heavy atom. The SMILES string of the molecule is O=[N+]([O-])c1cc(CCl)ccc1-n1cncn1. The highest BCUT2D eigenvalue weighted by Gasteiger charge is 2.16. The molecule has 1 aromatic carbocycles. The van der Waals surface area contributed by atoms with Crippen molar-refractivity contribution >= 4 is 17.3 Å². The first-order chi connectivity index (χ1) is 7.72. The number of nitrogens with zero attached hydrogens (tertiary/aromatic N) is 4. The summed E-state index contributed by atoms with van der Waals surface area (Å²) in [4.78, 5) is 14.2. The summed E-state index contributed by atoms with van der Waals surface area (Å²) < 4.78 is 1.34. The molecule has 1 heterocycles. The van der Waals surface area contributed by atoms with Crippen molar-refractivity contribution in [3.8, 4) is 5.69 Å². The summed E-state index contributed by atoms with van der Waals surface area (Å²) in [5.41, 5.74) is 1.03. The summed E-state index contributed by atoms with van der Waals surface area (Å²) >= 11 is 5.62. The van der Waals surface area contributed by atoms with Gasteiger partial charge in [0.2, 0.25) is 0 Å². The van der Waals surface area contributed by atoms with Crippen LogP contribution < -0.4 is 0 Å². The van der Waals surface area contributed by atoms with E-state index in [9.17, 15) is 10.1 Å². The Kier molecular flexibility index (Phi) is 2.82. The zero-order chi connectivity index (χ0) is 11.5. The average Bonchev–Trinajstić information content (AvgIpc) is 2.81. The second-order valence-corrected chi connectivity index (χ2v) is 3.32.